The molecule has 0 aromatic heterocycles. The third-order valence-electron chi connectivity index (χ3n) is 5.42. The number of nitrogens with one attached hydrogen (secondary N) is 1. The Morgan fingerprint density at radius 1 is 1.09 bits per heavy atom. The Labute approximate surface area is 191 Å². The second-order valence-corrected chi connectivity index (χ2v) is 7.67. The monoisotopic (exact) mass is 457 g/mol. The smallest absolute Gasteiger partial charge is 0.491 e. The highest BCUT2D eigenvalue weighted by Gasteiger charge is 2.27. The molecule has 1 heterocycles. The van der Waals surface area contributed by atoms with Crippen molar-refractivity contribution in [1.82, 2.24) is 5.32 Å². The van der Waals surface area contributed by atoms with Crippen LogP contribution in [-0.2, 0) is 11.3 Å². The largest absolute Gasteiger partial charge is 0.503 e. The highest BCUT2D eigenvalue weighted by atomic mass is 19.1. The van der Waals surface area contributed by atoms with Crippen LogP contribution in [0.25, 0.3) is 10.8 Å². The van der Waals surface area contributed by atoms with Gasteiger partial charge in [0.15, 0.2) is 0 Å². The molecule has 3 aromatic rings. The predicted molar refractivity (Wildman–Crippen MR) is 122 cm³/mol. The van der Waals surface area contributed by atoms with E-state index in [-0.39, 0.29) is 31.1 Å². The molecule has 3 aromatic carbocycles. The van der Waals surface area contributed by atoms with Crippen molar-refractivity contribution in [2.24, 2.45) is 0 Å². The van der Waals surface area contributed by atoms with Crippen LogP contribution in [0.15, 0.2) is 60.7 Å². The van der Waals surface area contributed by atoms with Crippen LogP contribution in [0.5, 0.6) is 5.75 Å². The van der Waals surface area contributed by atoms with Crippen molar-refractivity contribution < 1.29 is 34.0 Å². The van der Waals surface area contributed by atoms with E-state index in [4.69, 9.17) is 29.6 Å². The molecule has 1 saturated heterocycles. The van der Waals surface area contributed by atoms with Crippen molar-refractivity contribution in [2.75, 3.05) is 26.3 Å². The molecular weight excluding hydrogens is 429 g/mol. The maximum atomic E-state index is 13.3. The molecule has 1 aliphatic rings. The van der Waals surface area contributed by atoms with E-state index >= 15 is 0 Å². The standard InChI is InChI=1S/C24H26FNO3.CH2O3/c25-20-7-5-18(6-8-20)22-9-10-26-15-24(22)29-16-17-13-19-3-1-2-4-21(19)23(14-17)28-12-11-27;2-1(3)4/h1-8,13-14,22,24,26-27H,9-12,15-16H2;(H2,2,3,4). The number of aliphatic hydroxyl groups excluding tert-OH is 1. The van der Waals surface area contributed by atoms with Crippen LogP contribution in [0.4, 0.5) is 9.18 Å². The Kier molecular flexibility index (Phi) is 9.00. The fourth-order valence-corrected chi connectivity index (χ4v) is 3.99. The van der Waals surface area contributed by atoms with Gasteiger partial charge in [0.1, 0.15) is 18.2 Å². The summed E-state index contributed by atoms with van der Waals surface area (Å²) >= 11 is 0. The first-order chi connectivity index (χ1) is 16.0. The van der Waals surface area contributed by atoms with E-state index in [1.165, 1.54) is 12.1 Å². The van der Waals surface area contributed by atoms with Crippen LogP contribution in [0.2, 0.25) is 0 Å². The molecule has 1 fully saturated rings. The SMILES string of the molecule is O=C(O)O.OCCOc1cc(COC2CNCCC2c2ccc(F)cc2)cc2ccccc12. The molecule has 0 radical (unpaired) electrons. The zero-order valence-electron chi connectivity index (χ0n) is 18.1. The van der Waals surface area contributed by atoms with Gasteiger partial charge in [-0.1, -0.05) is 36.4 Å². The van der Waals surface area contributed by atoms with E-state index in [0.717, 1.165) is 47.2 Å². The quantitative estimate of drug-likeness (QED) is 0.420. The van der Waals surface area contributed by atoms with Crippen molar-refractivity contribution >= 4 is 16.9 Å². The Bertz CT molecular complexity index is 1040. The molecule has 8 heteroatoms. The van der Waals surface area contributed by atoms with Crippen LogP contribution < -0.4 is 10.1 Å². The predicted octanol–water partition coefficient (Wildman–Crippen LogP) is 4.23. The second kappa shape index (κ2) is 12.2. The first-order valence-electron chi connectivity index (χ1n) is 10.7. The number of carbonyl (C=O) groups is 1. The lowest BCUT2D eigenvalue weighted by molar-refractivity contribution is 0.0106. The highest BCUT2D eigenvalue weighted by Crippen LogP contribution is 2.31. The van der Waals surface area contributed by atoms with Crippen LogP contribution >= 0.6 is 0 Å². The highest BCUT2D eigenvalue weighted by molar-refractivity contribution is 5.89. The lowest BCUT2D eigenvalue weighted by Crippen LogP contribution is -2.40. The molecule has 176 valence electrons. The van der Waals surface area contributed by atoms with Crippen molar-refractivity contribution in [1.29, 1.82) is 0 Å². The van der Waals surface area contributed by atoms with E-state index in [1.54, 1.807) is 0 Å². The maximum Gasteiger partial charge on any atom is 0.503 e. The minimum atomic E-state index is -1.83. The molecule has 33 heavy (non-hydrogen) atoms. The molecule has 2 atom stereocenters. The fourth-order valence-electron chi connectivity index (χ4n) is 3.99. The number of piperidine rings is 1. The molecule has 4 N–H and O–H groups in total. The molecule has 4 rings (SSSR count). The number of carboxylic acid groups (broad SMARTS) is 2. The number of aliphatic hydroxyl groups is 1. The molecular formula is C25H28FNO6. The lowest BCUT2D eigenvalue weighted by atomic mass is 9.88. The zero-order valence-corrected chi connectivity index (χ0v) is 18.1. The van der Waals surface area contributed by atoms with Crippen LogP contribution in [0.3, 0.4) is 0 Å². The summed E-state index contributed by atoms with van der Waals surface area (Å²) in [6.07, 6.45) is -0.860. The van der Waals surface area contributed by atoms with Gasteiger partial charge in [-0.25, -0.2) is 9.18 Å². The number of benzene rings is 3. The normalized spacial score (nSPS) is 17.8. The van der Waals surface area contributed by atoms with Crippen molar-refractivity contribution in [2.45, 2.75) is 25.0 Å². The lowest BCUT2D eigenvalue weighted by Gasteiger charge is -2.32. The van der Waals surface area contributed by atoms with Gasteiger partial charge in [-0.2, -0.15) is 0 Å². The molecule has 7 nitrogen and oxygen atoms in total. The Morgan fingerprint density at radius 2 is 1.82 bits per heavy atom. The number of fused-ring (bicyclic) bond motifs is 1. The molecule has 0 amide bonds. The number of halogens is 1. The average Bonchev–Trinajstić information content (AvgIpc) is 2.81. The van der Waals surface area contributed by atoms with Crippen LogP contribution in [-0.4, -0.2) is 53.9 Å². The molecule has 1 aliphatic heterocycles. The van der Waals surface area contributed by atoms with Crippen LogP contribution in [0.1, 0.15) is 23.5 Å². The number of hydrogen-bond acceptors (Lipinski definition) is 5. The number of ether oxygens (including phenoxy) is 2. The van der Waals surface area contributed by atoms with Crippen molar-refractivity contribution in [3.05, 3.63) is 77.6 Å². The minimum Gasteiger partial charge on any atom is -0.491 e. The molecule has 0 saturated carbocycles. The second-order valence-electron chi connectivity index (χ2n) is 7.67. The van der Waals surface area contributed by atoms with Gasteiger partial charge in [-0.3, -0.25) is 0 Å². The third kappa shape index (κ3) is 7.15. The summed E-state index contributed by atoms with van der Waals surface area (Å²) in [7, 11) is 0. The first kappa shape index (κ1) is 24.4. The molecule has 0 aliphatic carbocycles. The van der Waals surface area contributed by atoms with E-state index in [1.807, 2.05) is 42.5 Å². The van der Waals surface area contributed by atoms with E-state index in [0.29, 0.717) is 6.61 Å². The number of rotatable bonds is 7. The minimum absolute atomic E-state index is 0.0162. The molecule has 0 bridgehead atoms. The Morgan fingerprint density at radius 3 is 2.55 bits per heavy atom. The number of hydrogen-bond donors (Lipinski definition) is 4. The van der Waals surface area contributed by atoms with Gasteiger partial charge in [0, 0.05) is 17.8 Å². The van der Waals surface area contributed by atoms with Crippen molar-refractivity contribution in [3.63, 3.8) is 0 Å². The summed E-state index contributed by atoms with van der Waals surface area (Å²) in [5.74, 6) is 0.779. The van der Waals surface area contributed by atoms with Gasteiger partial charge < -0.3 is 30.1 Å². The zero-order chi connectivity index (χ0) is 23.6. The first-order valence-corrected chi connectivity index (χ1v) is 10.7. The topological polar surface area (TPSA) is 108 Å². The maximum absolute atomic E-state index is 13.3. The summed E-state index contributed by atoms with van der Waals surface area (Å²) < 4.78 is 25.4. The van der Waals surface area contributed by atoms with Gasteiger partial charge in [-0.05, 0) is 53.7 Å². The van der Waals surface area contributed by atoms with E-state index < -0.39 is 6.16 Å². The molecule has 2 unspecified atom stereocenters. The summed E-state index contributed by atoms with van der Waals surface area (Å²) in [6.45, 7) is 2.39. The summed E-state index contributed by atoms with van der Waals surface area (Å²) in [6, 6.07) is 18.9. The van der Waals surface area contributed by atoms with Crippen LogP contribution in [0, 0.1) is 5.82 Å². The van der Waals surface area contributed by atoms with Crippen molar-refractivity contribution in [3.8, 4) is 5.75 Å². The van der Waals surface area contributed by atoms with Gasteiger partial charge >= 0.3 is 6.16 Å². The van der Waals surface area contributed by atoms with Gasteiger partial charge in [0.05, 0.1) is 19.3 Å². The van der Waals surface area contributed by atoms with Gasteiger partial charge in [0.2, 0.25) is 0 Å². The molecule has 0 spiro atoms. The average molecular weight is 457 g/mol. The summed E-state index contributed by atoms with van der Waals surface area (Å²) in [5.41, 5.74) is 2.14. The van der Waals surface area contributed by atoms with E-state index in [9.17, 15) is 4.39 Å². The van der Waals surface area contributed by atoms with Gasteiger partial charge in [0.25, 0.3) is 0 Å². The van der Waals surface area contributed by atoms with Gasteiger partial charge in [-0.15, -0.1) is 0 Å². The summed E-state index contributed by atoms with van der Waals surface area (Å²) in [5, 5.41) is 28.6. The third-order valence-corrected chi connectivity index (χ3v) is 5.42. The van der Waals surface area contributed by atoms with E-state index in [2.05, 4.69) is 11.4 Å². The summed E-state index contributed by atoms with van der Waals surface area (Å²) in [4.78, 5) is 8.56. The Balaban J connectivity index is 0.000000709. The fraction of sp³-hybridized carbons (Fsp3) is 0.320. The Hall–Kier alpha value is -3.20.